The van der Waals surface area contributed by atoms with Gasteiger partial charge in [-0.1, -0.05) is 0 Å². The number of aliphatic hydroxyl groups is 1. The molecule has 0 radical (unpaired) electrons. The zero-order valence-corrected chi connectivity index (χ0v) is 10.9. The lowest BCUT2D eigenvalue weighted by Crippen LogP contribution is -2.41. The van der Waals surface area contributed by atoms with Crippen molar-refractivity contribution in [1.29, 1.82) is 0 Å². The van der Waals surface area contributed by atoms with Crippen LogP contribution in [0.4, 0.5) is 0 Å². The van der Waals surface area contributed by atoms with E-state index in [1.54, 1.807) is 6.20 Å². The summed E-state index contributed by atoms with van der Waals surface area (Å²) >= 11 is 0. The lowest BCUT2D eigenvalue weighted by atomic mass is 9.97. The molecule has 0 aromatic carbocycles. The quantitative estimate of drug-likeness (QED) is 0.764. The average Bonchev–Trinajstić information content (AvgIpc) is 2.47. The van der Waals surface area contributed by atoms with Crippen LogP contribution in [0.5, 0.6) is 0 Å². The third-order valence-electron chi connectivity index (χ3n) is 4.00. The molecule has 0 saturated carbocycles. The molecule has 5 heteroatoms. The lowest BCUT2D eigenvalue weighted by Gasteiger charge is -2.30. The van der Waals surface area contributed by atoms with Crippen LogP contribution in [0.2, 0.25) is 0 Å². The van der Waals surface area contributed by atoms with Crippen molar-refractivity contribution in [2.75, 3.05) is 19.6 Å². The number of aromatic nitrogens is 1. The molecule has 0 spiro atoms. The van der Waals surface area contributed by atoms with Crippen LogP contribution in [0, 0.1) is 0 Å². The van der Waals surface area contributed by atoms with Gasteiger partial charge in [-0.2, -0.15) is 0 Å². The van der Waals surface area contributed by atoms with Crippen LogP contribution in [0.25, 0.3) is 0 Å². The highest BCUT2D eigenvalue weighted by Crippen LogP contribution is 2.20. The number of fused-ring (bicyclic) bond motifs is 1. The van der Waals surface area contributed by atoms with Gasteiger partial charge in [0.25, 0.3) is 5.91 Å². The average molecular weight is 261 g/mol. The number of nitrogens with one attached hydrogen (secondary N) is 1. The fraction of sp³-hybridized carbons (Fsp3) is 0.571. The maximum absolute atomic E-state index is 12.6. The van der Waals surface area contributed by atoms with E-state index in [1.165, 1.54) is 0 Å². The van der Waals surface area contributed by atoms with Crippen LogP contribution in [0.3, 0.4) is 0 Å². The van der Waals surface area contributed by atoms with Crippen molar-refractivity contribution in [2.24, 2.45) is 0 Å². The van der Waals surface area contributed by atoms with Crippen molar-refractivity contribution >= 4 is 5.91 Å². The van der Waals surface area contributed by atoms with Crippen molar-refractivity contribution in [3.8, 4) is 0 Å². The normalized spacial score (nSPS) is 20.2. The van der Waals surface area contributed by atoms with E-state index in [1.807, 2.05) is 11.1 Å². The Balaban J connectivity index is 1.83. The summed E-state index contributed by atoms with van der Waals surface area (Å²) in [6, 6.07) is 0. The van der Waals surface area contributed by atoms with Gasteiger partial charge in [-0.05, 0) is 36.9 Å². The lowest BCUT2D eigenvalue weighted by molar-refractivity contribution is 0.0545. The molecule has 1 aromatic heterocycles. The molecule has 2 aliphatic heterocycles. The summed E-state index contributed by atoms with van der Waals surface area (Å²) in [4.78, 5) is 18.6. The molecule has 1 amide bonds. The van der Waals surface area contributed by atoms with Crippen LogP contribution in [0.1, 0.15) is 34.3 Å². The van der Waals surface area contributed by atoms with Gasteiger partial charge in [-0.3, -0.25) is 9.78 Å². The van der Waals surface area contributed by atoms with E-state index in [4.69, 9.17) is 0 Å². The van der Waals surface area contributed by atoms with Gasteiger partial charge >= 0.3 is 0 Å². The standard InChI is InChI=1S/C14H19N3O2/c18-11-2-5-17(6-3-11)14(19)13-9-16-8-10-7-15-4-1-12(10)13/h8-9,11,15,18H,1-7H2. The van der Waals surface area contributed by atoms with Gasteiger partial charge in [-0.25, -0.2) is 0 Å². The molecule has 1 aromatic rings. The van der Waals surface area contributed by atoms with Crippen molar-refractivity contribution in [1.82, 2.24) is 15.2 Å². The molecule has 0 unspecified atom stereocenters. The Bertz CT molecular complexity index is 482. The summed E-state index contributed by atoms with van der Waals surface area (Å²) in [5.74, 6) is 0.0677. The third kappa shape index (κ3) is 2.48. The Labute approximate surface area is 112 Å². The number of hydrogen-bond donors (Lipinski definition) is 2. The Morgan fingerprint density at radius 2 is 2.16 bits per heavy atom. The molecule has 0 bridgehead atoms. The summed E-state index contributed by atoms with van der Waals surface area (Å²) in [6.45, 7) is 2.99. The monoisotopic (exact) mass is 261 g/mol. The summed E-state index contributed by atoms with van der Waals surface area (Å²) < 4.78 is 0. The highest BCUT2D eigenvalue weighted by molar-refractivity contribution is 5.95. The first-order valence-electron chi connectivity index (χ1n) is 6.89. The predicted molar refractivity (Wildman–Crippen MR) is 70.8 cm³/mol. The Hall–Kier alpha value is -1.46. The number of rotatable bonds is 1. The first kappa shape index (κ1) is 12.6. The fourth-order valence-corrected chi connectivity index (χ4v) is 2.84. The second-order valence-electron chi connectivity index (χ2n) is 5.27. The predicted octanol–water partition coefficient (Wildman–Crippen LogP) is 0.324. The van der Waals surface area contributed by atoms with Crippen molar-refractivity contribution in [3.05, 3.63) is 29.1 Å². The van der Waals surface area contributed by atoms with E-state index in [-0.39, 0.29) is 12.0 Å². The topological polar surface area (TPSA) is 65.5 Å². The van der Waals surface area contributed by atoms with E-state index < -0.39 is 0 Å². The zero-order valence-electron chi connectivity index (χ0n) is 10.9. The SMILES string of the molecule is O=C(c1cncc2c1CCNC2)N1CCC(O)CC1. The summed E-state index contributed by atoms with van der Waals surface area (Å²) in [7, 11) is 0. The molecule has 0 atom stereocenters. The van der Waals surface area contributed by atoms with Gasteiger partial charge in [0, 0.05) is 32.0 Å². The summed E-state index contributed by atoms with van der Waals surface area (Å²) in [6.07, 6.45) is 5.52. The second kappa shape index (κ2) is 5.27. The van der Waals surface area contributed by atoms with E-state index in [9.17, 15) is 9.90 Å². The smallest absolute Gasteiger partial charge is 0.255 e. The number of nitrogens with zero attached hydrogens (tertiary/aromatic N) is 2. The van der Waals surface area contributed by atoms with E-state index in [2.05, 4.69) is 10.3 Å². The van der Waals surface area contributed by atoms with E-state index in [0.29, 0.717) is 25.9 Å². The van der Waals surface area contributed by atoms with E-state index in [0.717, 1.165) is 36.2 Å². The highest BCUT2D eigenvalue weighted by Gasteiger charge is 2.25. The van der Waals surface area contributed by atoms with Crippen molar-refractivity contribution in [3.63, 3.8) is 0 Å². The highest BCUT2D eigenvalue weighted by atomic mass is 16.3. The molecular formula is C14H19N3O2. The largest absolute Gasteiger partial charge is 0.393 e. The number of carbonyl (C=O) groups excluding carboxylic acids is 1. The maximum atomic E-state index is 12.6. The van der Waals surface area contributed by atoms with Crippen LogP contribution in [0.15, 0.2) is 12.4 Å². The summed E-state index contributed by atoms with van der Waals surface area (Å²) in [5.41, 5.74) is 3.02. The van der Waals surface area contributed by atoms with Crippen LogP contribution in [-0.2, 0) is 13.0 Å². The zero-order chi connectivity index (χ0) is 13.2. The van der Waals surface area contributed by atoms with Gasteiger partial charge in [-0.15, -0.1) is 0 Å². The minimum absolute atomic E-state index is 0.0677. The molecule has 102 valence electrons. The molecule has 3 heterocycles. The number of amides is 1. The molecular weight excluding hydrogens is 242 g/mol. The second-order valence-corrected chi connectivity index (χ2v) is 5.27. The number of aliphatic hydroxyl groups excluding tert-OH is 1. The molecule has 2 N–H and O–H groups in total. The van der Waals surface area contributed by atoms with Gasteiger partial charge in [0.05, 0.1) is 11.7 Å². The molecule has 5 nitrogen and oxygen atoms in total. The molecule has 3 rings (SSSR count). The number of hydrogen-bond acceptors (Lipinski definition) is 4. The van der Waals surface area contributed by atoms with Gasteiger partial charge in [0.15, 0.2) is 0 Å². The van der Waals surface area contributed by atoms with Gasteiger partial charge in [0.1, 0.15) is 0 Å². The minimum atomic E-state index is -0.254. The first-order chi connectivity index (χ1) is 9.25. The van der Waals surface area contributed by atoms with Crippen LogP contribution >= 0.6 is 0 Å². The number of carbonyl (C=O) groups is 1. The molecule has 2 aliphatic rings. The van der Waals surface area contributed by atoms with Crippen molar-refractivity contribution < 1.29 is 9.90 Å². The van der Waals surface area contributed by atoms with Crippen molar-refractivity contribution in [2.45, 2.75) is 31.9 Å². The Morgan fingerprint density at radius 3 is 2.95 bits per heavy atom. The minimum Gasteiger partial charge on any atom is -0.393 e. The third-order valence-corrected chi connectivity index (χ3v) is 4.00. The number of piperidine rings is 1. The molecule has 19 heavy (non-hydrogen) atoms. The fourth-order valence-electron chi connectivity index (χ4n) is 2.84. The first-order valence-corrected chi connectivity index (χ1v) is 6.89. The summed E-state index contributed by atoms with van der Waals surface area (Å²) in [5, 5.41) is 12.8. The number of pyridine rings is 1. The Morgan fingerprint density at radius 1 is 1.37 bits per heavy atom. The molecule has 0 aliphatic carbocycles. The molecule has 1 saturated heterocycles. The van der Waals surface area contributed by atoms with E-state index >= 15 is 0 Å². The van der Waals surface area contributed by atoms with Crippen LogP contribution in [-0.4, -0.2) is 46.6 Å². The molecule has 1 fully saturated rings. The Kier molecular flexibility index (Phi) is 3.48. The van der Waals surface area contributed by atoms with Crippen LogP contribution < -0.4 is 5.32 Å². The van der Waals surface area contributed by atoms with Gasteiger partial charge in [0.2, 0.25) is 0 Å². The van der Waals surface area contributed by atoms with Gasteiger partial charge < -0.3 is 15.3 Å². The number of likely N-dealkylation sites (tertiary alicyclic amines) is 1. The maximum Gasteiger partial charge on any atom is 0.255 e.